The molecule has 0 unspecified atom stereocenters. The van der Waals surface area contributed by atoms with Gasteiger partial charge in [0.05, 0.1) is 4.88 Å². The molecule has 98 valence electrons. The van der Waals surface area contributed by atoms with Crippen LogP contribution in [0.4, 0.5) is 0 Å². The molecule has 0 bridgehead atoms. The molecule has 2 N–H and O–H groups in total. The fourth-order valence-corrected chi connectivity index (χ4v) is 3.90. The molecule has 1 aliphatic rings. The molecule has 18 heavy (non-hydrogen) atoms. The van der Waals surface area contributed by atoms with Gasteiger partial charge in [0.2, 0.25) is 0 Å². The summed E-state index contributed by atoms with van der Waals surface area (Å²) in [7, 11) is 0. The van der Waals surface area contributed by atoms with Crippen molar-refractivity contribution in [3.8, 4) is 0 Å². The number of carboxylic acid groups (broad SMARTS) is 1. The molecule has 1 aliphatic heterocycles. The van der Waals surface area contributed by atoms with Crippen molar-refractivity contribution in [3.63, 3.8) is 0 Å². The number of aliphatic carboxylic acids is 1. The summed E-state index contributed by atoms with van der Waals surface area (Å²) < 4.78 is 0. The first-order valence-corrected chi connectivity index (χ1v) is 7.71. The maximum Gasteiger partial charge on any atom is 0.329 e. The maximum atomic E-state index is 12.1. The lowest BCUT2D eigenvalue weighted by Crippen LogP contribution is -2.56. The number of carboxylic acids is 1. The molecule has 1 saturated heterocycles. The maximum absolute atomic E-state index is 12.1. The number of thioether (sulfide) groups is 1. The molecule has 0 aliphatic carbocycles. The number of nitrogens with one attached hydrogen (secondary N) is 1. The molecule has 0 spiro atoms. The Hall–Kier alpha value is -1.01. The molecule has 6 heteroatoms. The standard InChI is InChI=1S/C12H15NO3S2/c1-8-2-3-9(18-8)10(14)13-12(11(15)16)4-6-17-7-5-12/h2-3H,4-7H2,1H3,(H,13,14)(H,15,16). The topological polar surface area (TPSA) is 66.4 Å². The van der Waals surface area contributed by atoms with E-state index in [1.807, 2.05) is 13.0 Å². The first-order chi connectivity index (χ1) is 8.53. The zero-order valence-corrected chi connectivity index (χ0v) is 11.7. The number of thiophene rings is 1. The zero-order chi connectivity index (χ0) is 13.2. The third-order valence-electron chi connectivity index (χ3n) is 3.07. The van der Waals surface area contributed by atoms with E-state index in [9.17, 15) is 14.7 Å². The lowest BCUT2D eigenvalue weighted by atomic mass is 9.92. The Balaban J connectivity index is 2.14. The van der Waals surface area contributed by atoms with Crippen LogP contribution in [-0.4, -0.2) is 34.0 Å². The van der Waals surface area contributed by atoms with E-state index in [2.05, 4.69) is 5.32 Å². The smallest absolute Gasteiger partial charge is 0.329 e. The van der Waals surface area contributed by atoms with Gasteiger partial charge in [-0.1, -0.05) is 0 Å². The zero-order valence-electron chi connectivity index (χ0n) is 10.1. The van der Waals surface area contributed by atoms with Gasteiger partial charge >= 0.3 is 5.97 Å². The molecule has 0 atom stereocenters. The van der Waals surface area contributed by atoms with Crippen molar-refractivity contribution in [1.29, 1.82) is 0 Å². The Bertz CT molecular complexity index is 464. The first-order valence-electron chi connectivity index (χ1n) is 5.74. The molecule has 0 aromatic carbocycles. The summed E-state index contributed by atoms with van der Waals surface area (Å²) in [5.74, 6) is 0.346. The average molecular weight is 285 g/mol. The number of hydrogen-bond donors (Lipinski definition) is 2. The molecular formula is C12H15NO3S2. The van der Waals surface area contributed by atoms with E-state index in [1.165, 1.54) is 11.3 Å². The predicted octanol–water partition coefficient (Wildman–Crippen LogP) is 2.14. The second-order valence-corrected chi connectivity index (χ2v) is 6.88. The summed E-state index contributed by atoms with van der Waals surface area (Å²) in [5, 5.41) is 12.1. The minimum absolute atomic E-state index is 0.276. The van der Waals surface area contributed by atoms with Gasteiger partial charge in [-0.3, -0.25) is 4.79 Å². The largest absolute Gasteiger partial charge is 0.480 e. The molecular weight excluding hydrogens is 270 g/mol. The highest BCUT2D eigenvalue weighted by molar-refractivity contribution is 7.99. The quantitative estimate of drug-likeness (QED) is 0.893. The van der Waals surface area contributed by atoms with Gasteiger partial charge in [-0.05, 0) is 43.4 Å². The van der Waals surface area contributed by atoms with Gasteiger partial charge in [-0.2, -0.15) is 11.8 Å². The van der Waals surface area contributed by atoms with E-state index < -0.39 is 11.5 Å². The molecule has 2 heterocycles. The first kappa shape index (κ1) is 13.4. The van der Waals surface area contributed by atoms with Crippen LogP contribution in [0, 0.1) is 6.92 Å². The van der Waals surface area contributed by atoms with Gasteiger partial charge in [0.25, 0.3) is 5.91 Å². The van der Waals surface area contributed by atoms with Gasteiger partial charge < -0.3 is 10.4 Å². The Morgan fingerprint density at radius 2 is 2.00 bits per heavy atom. The van der Waals surface area contributed by atoms with Crippen LogP contribution >= 0.6 is 23.1 Å². The van der Waals surface area contributed by atoms with Crippen LogP contribution in [0.1, 0.15) is 27.4 Å². The van der Waals surface area contributed by atoms with Crippen molar-refractivity contribution in [2.24, 2.45) is 0 Å². The highest BCUT2D eigenvalue weighted by Crippen LogP contribution is 2.28. The summed E-state index contributed by atoms with van der Waals surface area (Å²) in [4.78, 5) is 25.1. The van der Waals surface area contributed by atoms with Crippen molar-refractivity contribution in [2.45, 2.75) is 25.3 Å². The lowest BCUT2D eigenvalue weighted by Gasteiger charge is -2.33. The number of aryl methyl sites for hydroxylation is 1. The molecule has 0 saturated carbocycles. The second-order valence-electron chi connectivity index (χ2n) is 4.36. The number of hydrogen-bond acceptors (Lipinski definition) is 4. The van der Waals surface area contributed by atoms with Crippen LogP contribution in [0.15, 0.2) is 12.1 Å². The molecule has 0 radical (unpaired) electrons. The van der Waals surface area contributed by atoms with Gasteiger partial charge in [0.1, 0.15) is 5.54 Å². The number of amides is 1. The highest BCUT2D eigenvalue weighted by atomic mass is 32.2. The van der Waals surface area contributed by atoms with Gasteiger partial charge in [0, 0.05) is 4.88 Å². The van der Waals surface area contributed by atoms with E-state index in [0.29, 0.717) is 17.7 Å². The van der Waals surface area contributed by atoms with Crippen LogP contribution in [0.5, 0.6) is 0 Å². The van der Waals surface area contributed by atoms with Gasteiger partial charge in [-0.15, -0.1) is 11.3 Å². The molecule has 1 aromatic rings. The number of carbonyl (C=O) groups is 2. The van der Waals surface area contributed by atoms with E-state index in [-0.39, 0.29) is 5.91 Å². The van der Waals surface area contributed by atoms with Crippen molar-refractivity contribution in [1.82, 2.24) is 5.32 Å². The van der Waals surface area contributed by atoms with Crippen LogP contribution < -0.4 is 5.32 Å². The second kappa shape index (κ2) is 5.32. The Morgan fingerprint density at radius 3 is 2.50 bits per heavy atom. The number of rotatable bonds is 3. The summed E-state index contributed by atoms with van der Waals surface area (Å²) in [6.45, 7) is 1.92. The van der Waals surface area contributed by atoms with Gasteiger partial charge in [0.15, 0.2) is 0 Å². The van der Waals surface area contributed by atoms with Crippen LogP contribution in [0.3, 0.4) is 0 Å². The minimum atomic E-state index is -1.08. The highest BCUT2D eigenvalue weighted by Gasteiger charge is 2.41. The Morgan fingerprint density at radius 1 is 1.33 bits per heavy atom. The summed E-state index contributed by atoms with van der Waals surface area (Å²) in [6.07, 6.45) is 0.978. The van der Waals surface area contributed by atoms with Gasteiger partial charge in [-0.25, -0.2) is 4.79 Å². The molecule has 4 nitrogen and oxygen atoms in total. The molecule has 1 amide bonds. The van der Waals surface area contributed by atoms with Crippen molar-refractivity contribution in [2.75, 3.05) is 11.5 Å². The normalized spacial score (nSPS) is 18.3. The number of carbonyl (C=O) groups excluding carboxylic acids is 1. The third kappa shape index (κ3) is 2.70. The monoisotopic (exact) mass is 285 g/mol. The fraction of sp³-hybridized carbons (Fsp3) is 0.500. The third-order valence-corrected chi connectivity index (χ3v) is 5.06. The average Bonchev–Trinajstić information content (AvgIpc) is 2.77. The van der Waals surface area contributed by atoms with Crippen LogP contribution in [0.25, 0.3) is 0 Å². The SMILES string of the molecule is Cc1ccc(C(=O)NC2(C(=O)O)CCSCC2)s1. The van der Waals surface area contributed by atoms with E-state index in [4.69, 9.17) is 0 Å². The van der Waals surface area contributed by atoms with E-state index >= 15 is 0 Å². The minimum Gasteiger partial charge on any atom is -0.480 e. The van der Waals surface area contributed by atoms with E-state index in [0.717, 1.165) is 16.4 Å². The summed E-state index contributed by atoms with van der Waals surface area (Å²) >= 11 is 3.11. The summed E-state index contributed by atoms with van der Waals surface area (Å²) in [6, 6.07) is 3.60. The van der Waals surface area contributed by atoms with Crippen molar-refractivity contribution < 1.29 is 14.7 Å². The lowest BCUT2D eigenvalue weighted by molar-refractivity contribution is -0.144. The van der Waals surface area contributed by atoms with Crippen LogP contribution in [-0.2, 0) is 4.79 Å². The van der Waals surface area contributed by atoms with E-state index in [1.54, 1.807) is 17.8 Å². The van der Waals surface area contributed by atoms with Crippen LogP contribution in [0.2, 0.25) is 0 Å². The summed E-state index contributed by atoms with van der Waals surface area (Å²) in [5.41, 5.74) is -1.08. The Kier molecular flexibility index (Phi) is 3.97. The Labute approximate surface area is 114 Å². The van der Waals surface area contributed by atoms with Crippen molar-refractivity contribution in [3.05, 3.63) is 21.9 Å². The van der Waals surface area contributed by atoms with Crippen molar-refractivity contribution >= 4 is 35.0 Å². The predicted molar refractivity (Wildman–Crippen MR) is 73.4 cm³/mol. The molecule has 2 rings (SSSR count). The molecule has 1 aromatic heterocycles. The fourth-order valence-electron chi connectivity index (χ4n) is 1.95. The molecule has 1 fully saturated rings.